The van der Waals surface area contributed by atoms with Crippen LogP contribution < -0.4 is 10.1 Å². The molecule has 0 aromatic heterocycles. The summed E-state index contributed by atoms with van der Waals surface area (Å²) in [6.07, 6.45) is 0.0000567. The van der Waals surface area contributed by atoms with Crippen LogP contribution in [0.3, 0.4) is 0 Å². The first-order chi connectivity index (χ1) is 6.70. The molecule has 14 heavy (non-hydrogen) atoms. The van der Waals surface area contributed by atoms with Crippen molar-refractivity contribution < 1.29 is 9.13 Å². The molecule has 2 rings (SSSR count). The van der Waals surface area contributed by atoms with Crippen molar-refractivity contribution in [2.75, 3.05) is 11.9 Å². The van der Waals surface area contributed by atoms with Crippen LogP contribution in [-0.2, 0) is 0 Å². The first-order valence-corrected chi connectivity index (χ1v) is 4.35. The Morgan fingerprint density at radius 3 is 3.14 bits per heavy atom. The molecule has 0 radical (unpaired) electrons. The number of rotatable bonds is 0. The zero-order valence-corrected chi connectivity index (χ0v) is 7.67. The summed E-state index contributed by atoms with van der Waals surface area (Å²) in [5.41, 5.74) is 0.790. The molecule has 4 heteroatoms. The van der Waals surface area contributed by atoms with Crippen LogP contribution in [0.4, 0.5) is 10.1 Å². The van der Waals surface area contributed by atoms with E-state index in [9.17, 15) is 4.39 Å². The molecule has 1 aromatic carbocycles. The smallest absolute Gasteiger partial charge is 0.160 e. The zero-order valence-electron chi connectivity index (χ0n) is 7.67. The van der Waals surface area contributed by atoms with Crippen molar-refractivity contribution in [1.29, 1.82) is 5.26 Å². The molecule has 1 N–H and O–H groups in total. The Morgan fingerprint density at radius 2 is 2.43 bits per heavy atom. The minimum atomic E-state index is -0.425. The number of nitriles is 1. The van der Waals surface area contributed by atoms with Gasteiger partial charge in [-0.1, -0.05) is 0 Å². The second-order valence-corrected chi connectivity index (χ2v) is 3.25. The van der Waals surface area contributed by atoms with Gasteiger partial charge >= 0.3 is 0 Å². The van der Waals surface area contributed by atoms with E-state index >= 15 is 0 Å². The zero-order chi connectivity index (χ0) is 10.1. The fourth-order valence-corrected chi connectivity index (χ4v) is 1.43. The van der Waals surface area contributed by atoms with Gasteiger partial charge in [-0.15, -0.1) is 0 Å². The van der Waals surface area contributed by atoms with Crippen LogP contribution in [0.15, 0.2) is 12.1 Å². The lowest BCUT2D eigenvalue weighted by atomic mass is 10.1. The minimum Gasteiger partial charge on any atom is -0.485 e. The number of nitrogens with zero attached hydrogens (tertiary/aromatic N) is 1. The third-order valence-electron chi connectivity index (χ3n) is 2.07. The topological polar surface area (TPSA) is 45.0 Å². The van der Waals surface area contributed by atoms with Gasteiger partial charge in [-0.05, 0) is 13.0 Å². The van der Waals surface area contributed by atoms with Gasteiger partial charge in [0.15, 0.2) is 5.75 Å². The van der Waals surface area contributed by atoms with Crippen LogP contribution >= 0.6 is 0 Å². The molecule has 0 saturated heterocycles. The largest absolute Gasteiger partial charge is 0.485 e. The van der Waals surface area contributed by atoms with Crippen LogP contribution in [0.2, 0.25) is 0 Å². The van der Waals surface area contributed by atoms with E-state index in [-0.39, 0.29) is 11.7 Å². The van der Waals surface area contributed by atoms with Crippen LogP contribution in [0.5, 0.6) is 5.75 Å². The summed E-state index contributed by atoms with van der Waals surface area (Å²) < 4.78 is 18.4. The Balaban J connectivity index is 2.54. The quantitative estimate of drug-likeness (QED) is 0.682. The van der Waals surface area contributed by atoms with E-state index in [0.29, 0.717) is 18.0 Å². The lowest BCUT2D eigenvalue weighted by molar-refractivity contribution is 0.225. The summed E-state index contributed by atoms with van der Waals surface area (Å²) in [7, 11) is 0. The van der Waals surface area contributed by atoms with Crippen molar-refractivity contribution in [1.82, 2.24) is 0 Å². The highest BCUT2D eigenvalue weighted by Gasteiger charge is 2.19. The molecule has 1 aliphatic rings. The van der Waals surface area contributed by atoms with Gasteiger partial charge in [0.05, 0.1) is 17.8 Å². The van der Waals surface area contributed by atoms with Gasteiger partial charge in [0.2, 0.25) is 0 Å². The molecule has 0 amide bonds. The maximum atomic E-state index is 13.0. The molecule has 3 nitrogen and oxygen atoms in total. The fraction of sp³-hybridized carbons (Fsp3) is 0.300. The number of hydrogen-bond acceptors (Lipinski definition) is 3. The molecular formula is C10H9FN2O. The van der Waals surface area contributed by atoms with Gasteiger partial charge in [-0.3, -0.25) is 0 Å². The maximum Gasteiger partial charge on any atom is 0.160 e. The third kappa shape index (κ3) is 1.37. The number of halogens is 1. The number of ether oxygens (including phenoxy) is 1. The Hall–Kier alpha value is -1.76. The van der Waals surface area contributed by atoms with Crippen LogP contribution in [0.1, 0.15) is 12.5 Å². The molecular weight excluding hydrogens is 183 g/mol. The standard InChI is InChI=1S/C10H9FN2O/c1-6-5-13-9-3-8(11)2-7(4-12)10(9)14-6/h2-3,6,13H,5H2,1H3. The lowest BCUT2D eigenvalue weighted by Crippen LogP contribution is -2.28. The average Bonchev–Trinajstić information content (AvgIpc) is 2.17. The Bertz CT molecular complexity index is 411. The van der Waals surface area contributed by atoms with Crippen molar-refractivity contribution in [2.24, 2.45) is 0 Å². The van der Waals surface area contributed by atoms with Gasteiger partial charge < -0.3 is 10.1 Å². The highest BCUT2D eigenvalue weighted by atomic mass is 19.1. The summed E-state index contributed by atoms with van der Waals surface area (Å²) in [5.74, 6) is 0.0265. The van der Waals surface area contributed by atoms with E-state index in [1.807, 2.05) is 13.0 Å². The molecule has 1 unspecified atom stereocenters. The van der Waals surface area contributed by atoms with Crippen LogP contribution in [0.25, 0.3) is 0 Å². The average molecular weight is 192 g/mol. The Morgan fingerprint density at radius 1 is 1.64 bits per heavy atom. The Kier molecular flexibility index (Phi) is 2.01. The van der Waals surface area contributed by atoms with E-state index in [1.165, 1.54) is 12.1 Å². The lowest BCUT2D eigenvalue weighted by Gasteiger charge is -2.25. The number of hydrogen-bond donors (Lipinski definition) is 1. The molecule has 72 valence electrons. The SMILES string of the molecule is CC1CNc2cc(F)cc(C#N)c2O1. The molecule has 1 aromatic rings. The van der Waals surface area contributed by atoms with E-state index < -0.39 is 5.82 Å². The summed E-state index contributed by atoms with van der Waals surface area (Å²) >= 11 is 0. The molecule has 0 bridgehead atoms. The molecule has 1 atom stereocenters. The van der Waals surface area contributed by atoms with Gasteiger partial charge in [0, 0.05) is 6.07 Å². The summed E-state index contributed by atoms with van der Waals surface area (Å²) in [5, 5.41) is 11.8. The maximum absolute atomic E-state index is 13.0. The van der Waals surface area contributed by atoms with Crippen LogP contribution in [0, 0.1) is 17.1 Å². The van der Waals surface area contributed by atoms with E-state index in [1.54, 1.807) is 0 Å². The number of benzene rings is 1. The van der Waals surface area contributed by atoms with Crippen molar-refractivity contribution in [3.63, 3.8) is 0 Å². The van der Waals surface area contributed by atoms with Gasteiger partial charge in [-0.25, -0.2) is 4.39 Å². The highest BCUT2D eigenvalue weighted by Crippen LogP contribution is 2.33. The van der Waals surface area contributed by atoms with Gasteiger partial charge in [-0.2, -0.15) is 5.26 Å². The van der Waals surface area contributed by atoms with Crippen molar-refractivity contribution in [2.45, 2.75) is 13.0 Å². The van der Waals surface area contributed by atoms with Crippen molar-refractivity contribution in [3.8, 4) is 11.8 Å². The second kappa shape index (κ2) is 3.18. The molecule has 1 heterocycles. The number of fused-ring (bicyclic) bond motifs is 1. The monoisotopic (exact) mass is 192 g/mol. The molecule has 0 aliphatic carbocycles. The van der Waals surface area contributed by atoms with Gasteiger partial charge in [0.25, 0.3) is 0 Å². The number of anilines is 1. The fourth-order valence-electron chi connectivity index (χ4n) is 1.43. The van der Waals surface area contributed by atoms with Crippen molar-refractivity contribution >= 4 is 5.69 Å². The predicted molar refractivity (Wildman–Crippen MR) is 49.7 cm³/mol. The van der Waals surface area contributed by atoms with E-state index in [4.69, 9.17) is 10.00 Å². The summed E-state index contributed by atoms with van der Waals surface area (Å²) in [4.78, 5) is 0. The highest BCUT2D eigenvalue weighted by molar-refractivity contribution is 5.65. The third-order valence-corrected chi connectivity index (χ3v) is 2.07. The van der Waals surface area contributed by atoms with Gasteiger partial charge in [0.1, 0.15) is 18.0 Å². The number of nitrogens with one attached hydrogen (secondary N) is 1. The van der Waals surface area contributed by atoms with E-state index in [0.717, 1.165) is 0 Å². The van der Waals surface area contributed by atoms with Crippen LogP contribution in [-0.4, -0.2) is 12.6 Å². The van der Waals surface area contributed by atoms with E-state index in [2.05, 4.69) is 5.32 Å². The first kappa shape index (κ1) is 8.82. The molecule has 0 saturated carbocycles. The predicted octanol–water partition coefficient (Wildman–Crippen LogP) is 1.89. The first-order valence-electron chi connectivity index (χ1n) is 4.35. The Labute approximate surface area is 81.1 Å². The summed E-state index contributed by atoms with van der Waals surface area (Å²) in [6, 6.07) is 4.43. The minimum absolute atomic E-state index is 0.0000567. The molecule has 1 aliphatic heterocycles. The van der Waals surface area contributed by atoms with Crippen molar-refractivity contribution in [3.05, 3.63) is 23.5 Å². The molecule has 0 fully saturated rings. The summed E-state index contributed by atoms with van der Waals surface area (Å²) in [6.45, 7) is 2.52. The molecule has 0 spiro atoms. The normalized spacial score (nSPS) is 18.8. The second-order valence-electron chi connectivity index (χ2n) is 3.25.